The third kappa shape index (κ3) is 5.97. The Labute approximate surface area is 220 Å². The largest absolute Gasteiger partial charge is 0.493 e. The van der Waals surface area contributed by atoms with Crippen molar-refractivity contribution >= 4 is 57.5 Å². The van der Waals surface area contributed by atoms with Crippen LogP contribution in [0.5, 0.6) is 11.5 Å². The van der Waals surface area contributed by atoms with Crippen LogP contribution < -0.4 is 9.47 Å². The van der Waals surface area contributed by atoms with E-state index in [0.29, 0.717) is 39.3 Å². The van der Waals surface area contributed by atoms with Gasteiger partial charge in [-0.2, -0.15) is 0 Å². The number of likely N-dealkylation sites (tertiary alicyclic amines) is 1. The molecule has 0 N–H and O–H groups in total. The van der Waals surface area contributed by atoms with Crippen LogP contribution in [-0.4, -0.2) is 53.6 Å². The van der Waals surface area contributed by atoms with Crippen molar-refractivity contribution in [2.75, 3.05) is 26.7 Å². The molecule has 184 valence electrons. The van der Waals surface area contributed by atoms with E-state index in [2.05, 4.69) is 22.6 Å². The van der Waals surface area contributed by atoms with Gasteiger partial charge in [0.25, 0.3) is 11.1 Å². The number of thioether (sulfide) groups is 1. The number of halogens is 2. The van der Waals surface area contributed by atoms with Gasteiger partial charge < -0.3 is 14.4 Å². The molecule has 7 nitrogen and oxygen atoms in total. The first-order chi connectivity index (χ1) is 16.9. The molecule has 2 heterocycles. The minimum Gasteiger partial charge on any atom is -0.493 e. The molecule has 3 amide bonds. The third-order valence-corrected chi connectivity index (χ3v) is 7.46. The Kier molecular flexibility index (Phi) is 8.32. The molecule has 2 aliphatic rings. The molecule has 2 aromatic rings. The Morgan fingerprint density at radius 2 is 1.91 bits per heavy atom. The molecule has 2 saturated heterocycles. The molecular weight excluding hydrogens is 586 g/mol. The predicted octanol–water partition coefficient (Wildman–Crippen LogP) is 5.07. The van der Waals surface area contributed by atoms with Gasteiger partial charge in [-0.05, 0) is 83.5 Å². The fourth-order valence-corrected chi connectivity index (χ4v) is 5.51. The van der Waals surface area contributed by atoms with Crippen molar-refractivity contribution in [3.63, 3.8) is 0 Å². The van der Waals surface area contributed by atoms with E-state index < -0.39 is 11.1 Å². The van der Waals surface area contributed by atoms with Crippen LogP contribution in [-0.2, 0) is 16.2 Å². The lowest BCUT2D eigenvalue weighted by molar-refractivity contribution is -0.136. The van der Waals surface area contributed by atoms with Crippen molar-refractivity contribution in [1.29, 1.82) is 0 Å². The molecule has 4 rings (SSSR count). The second-order valence-corrected chi connectivity index (χ2v) is 10.3. The number of rotatable bonds is 7. The molecule has 0 saturated carbocycles. The van der Waals surface area contributed by atoms with Crippen LogP contribution in [0.15, 0.2) is 41.3 Å². The molecule has 0 atom stereocenters. The highest BCUT2D eigenvalue weighted by molar-refractivity contribution is 14.1. The number of carbonyl (C=O) groups excluding carboxylic acids is 3. The predicted molar refractivity (Wildman–Crippen MR) is 140 cm³/mol. The van der Waals surface area contributed by atoms with Crippen molar-refractivity contribution in [2.45, 2.75) is 25.9 Å². The van der Waals surface area contributed by atoms with Crippen LogP contribution in [0.3, 0.4) is 0 Å². The second kappa shape index (κ2) is 11.4. The molecule has 0 aliphatic carbocycles. The van der Waals surface area contributed by atoms with Crippen molar-refractivity contribution in [3.8, 4) is 11.5 Å². The summed E-state index contributed by atoms with van der Waals surface area (Å²) in [5.74, 6) is -0.180. The van der Waals surface area contributed by atoms with Gasteiger partial charge in [0.2, 0.25) is 5.91 Å². The molecule has 2 fully saturated rings. The molecule has 0 unspecified atom stereocenters. The first-order valence-electron chi connectivity index (χ1n) is 11.1. The summed E-state index contributed by atoms with van der Waals surface area (Å²) in [4.78, 5) is 40.9. The maximum absolute atomic E-state index is 13.9. The van der Waals surface area contributed by atoms with Gasteiger partial charge in [0.05, 0.1) is 15.6 Å². The number of imide groups is 1. The highest BCUT2D eigenvalue weighted by Gasteiger charge is 2.37. The van der Waals surface area contributed by atoms with Crippen LogP contribution in [0.4, 0.5) is 9.18 Å². The Bertz CT molecular complexity index is 1180. The zero-order valence-corrected chi connectivity index (χ0v) is 22.1. The number of carbonyl (C=O) groups is 3. The van der Waals surface area contributed by atoms with Crippen LogP contribution in [0.25, 0.3) is 6.08 Å². The third-order valence-electron chi connectivity index (χ3n) is 5.76. The van der Waals surface area contributed by atoms with E-state index in [4.69, 9.17) is 9.47 Å². The number of benzene rings is 2. The summed E-state index contributed by atoms with van der Waals surface area (Å²) in [6, 6.07) is 9.84. The number of piperidine rings is 1. The first-order valence-corrected chi connectivity index (χ1v) is 13.0. The van der Waals surface area contributed by atoms with Crippen molar-refractivity contribution < 1.29 is 28.2 Å². The molecule has 0 aromatic heterocycles. The van der Waals surface area contributed by atoms with Gasteiger partial charge in [0.15, 0.2) is 11.5 Å². The van der Waals surface area contributed by atoms with Gasteiger partial charge in [0.1, 0.15) is 19.0 Å². The zero-order chi connectivity index (χ0) is 24.9. The molecule has 10 heteroatoms. The number of methoxy groups -OCH3 is 1. The summed E-state index contributed by atoms with van der Waals surface area (Å²) >= 11 is 2.89. The summed E-state index contributed by atoms with van der Waals surface area (Å²) in [5.41, 5.74) is 1.06. The summed E-state index contributed by atoms with van der Waals surface area (Å²) in [7, 11) is 1.49. The highest BCUT2D eigenvalue weighted by Crippen LogP contribution is 2.37. The fourth-order valence-electron chi connectivity index (χ4n) is 3.89. The number of ether oxygens (including phenoxy) is 2. The number of hydrogen-bond donors (Lipinski definition) is 0. The van der Waals surface area contributed by atoms with Crippen molar-refractivity contribution in [3.05, 3.63) is 61.8 Å². The van der Waals surface area contributed by atoms with Gasteiger partial charge in [-0.1, -0.05) is 18.2 Å². The van der Waals surface area contributed by atoms with E-state index in [1.54, 1.807) is 41.3 Å². The average Bonchev–Trinajstić information content (AvgIpc) is 3.11. The number of hydrogen-bond acceptors (Lipinski definition) is 6. The Morgan fingerprint density at radius 3 is 2.63 bits per heavy atom. The van der Waals surface area contributed by atoms with Gasteiger partial charge in [-0.15, -0.1) is 0 Å². The molecule has 0 bridgehead atoms. The van der Waals surface area contributed by atoms with Gasteiger partial charge in [-0.25, -0.2) is 4.39 Å². The Balaban J connectivity index is 1.49. The molecule has 0 radical (unpaired) electrons. The minimum atomic E-state index is -0.487. The van der Waals surface area contributed by atoms with E-state index in [0.717, 1.165) is 35.9 Å². The topological polar surface area (TPSA) is 76.2 Å². The lowest BCUT2D eigenvalue weighted by atomic mass is 10.1. The Morgan fingerprint density at radius 1 is 1.17 bits per heavy atom. The monoisotopic (exact) mass is 610 g/mol. The van der Waals surface area contributed by atoms with Gasteiger partial charge in [0, 0.05) is 18.7 Å². The molecule has 2 aromatic carbocycles. The van der Waals surface area contributed by atoms with Crippen molar-refractivity contribution in [2.24, 2.45) is 0 Å². The molecule has 35 heavy (non-hydrogen) atoms. The summed E-state index contributed by atoms with van der Waals surface area (Å²) in [6.45, 7) is 1.11. The summed E-state index contributed by atoms with van der Waals surface area (Å²) in [6.07, 6.45) is 4.56. The van der Waals surface area contributed by atoms with Gasteiger partial charge in [-0.3, -0.25) is 19.3 Å². The van der Waals surface area contributed by atoms with E-state index in [9.17, 15) is 18.8 Å². The van der Waals surface area contributed by atoms with Gasteiger partial charge >= 0.3 is 0 Å². The smallest absolute Gasteiger partial charge is 0.294 e. The lowest BCUT2D eigenvalue weighted by Gasteiger charge is -2.27. The Hall–Kier alpha value is -2.60. The van der Waals surface area contributed by atoms with Crippen LogP contribution in [0, 0.1) is 9.39 Å². The molecule has 0 spiro atoms. The average molecular weight is 610 g/mol. The molecule has 2 aliphatic heterocycles. The lowest BCUT2D eigenvalue weighted by Crippen LogP contribution is -2.44. The first kappa shape index (κ1) is 25.5. The second-order valence-electron chi connectivity index (χ2n) is 8.12. The number of nitrogens with zero attached hydrogens (tertiary/aromatic N) is 2. The summed E-state index contributed by atoms with van der Waals surface area (Å²) in [5, 5.41) is -0.460. The zero-order valence-electron chi connectivity index (χ0n) is 19.1. The van der Waals surface area contributed by atoms with Crippen LogP contribution in [0.1, 0.15) is 30.4 Å². The standard InChI is InChI=1S/C25H24FIN2O5S/c1-33-20-12-16(11-19(27)23(20)34-15-17-7-3-4-8-18(17)26)13-21-24(31)29(25(32)35-21)14-22(30)28-9-5-2-6-10-28/h3-4,7-8,11-13H,2,5-6,9-10,14-15H2,1H3/b21-13+. The van der Waals surface area contributed by atoms with E-state index in [1.807, 2.05) is 0 Å². The maximum atomic E-state index is 13.9. The maximum Gasteiger partial charge on any atom is 0.294 e. The van der Waals surface area contributed by atoms with Crippen LogP contribution >= 0.6 is 34.4 Å². The molecular formula is C25H24FIN2O5S. The normalized spacial score (nSPS) is 17.3. The SMILES string of the molecule is COc1cc(/C=C2/SC(=O)N(CC(=O)N3CCCCC3)C2=O)cc(I)c1OCc1ccccc1F. The number of amides is 3. The highest BCUT2D eigenvalue weighted by atomic mass is 127. The van der Waals surface area contributed by atoms with Crippen LogP contribution in [0.2, 0.25) is 0 Å². The van der Waals surface area contributed by atoms with E-state index in [-0.39, 0.29) is 29.8 Å². The van der Waals surface area contributed by atoms with Crippen molar-refractivity contribution in [1.82, 2.24) is 9.80 Å². The summed E-state index contributed by atoms with van der Waals surface area (Å²) < 4.78 is 25.9. The minimum absolute atomic E-state index is 0.0301. The van der Waals surface area contributed by atoms with E-state index >= 15 is 0 Å². The van der Waals surface area contributed by atoms with E-state index in [1.165, 1.54) is 13.2 Å². The quantitative estimate of drug-likeness (QED) is 0.322. The fraction of sp³-hybridized carbons (Fsp3) is 0.320.